The van der Waals surface area contributed by atoms with E-state index in [1.807, 2.05) is 12.3 Å². The highest BCUT2D eigenvalue weighted by Gasteiger charge is 2.40. The maximum atomic E-state index is 13.1. The Morgan fingerprint density at radius 2 is 2.21 bits per heavy atom. The number of thioether (sulfide) groups is 1. The van der Waals surface area contributed by atoms with Crippen LogP contribution in [0.25, 0.3) is 0 Å². The van der Waals surface area contributed by atoms with Gasteiger partial charge in [-0.1, -0.05) is 6.07 Å². The highest BCUT2D eigenvalue weighted by molar-refractivity contribution is 7.98. The van der Waals surface area contributed by atoms with Crippen molar-refractivity contribution < 1.29 is 9.50 Å². The van der Waals surface area contributed by atoms with Gasteiger partial charge in [-0.15, -0.1) is 11.8 Å². The Morgan fingerprint density at radius 1 is 1.50 bits per heavy atom. The molecule has 14 heavy (non-hydrogen) atoms. The molecule has 0 saturated heterocycles. The predicted molar refractivity (Wildman–Crippen MR) is 56.1 cm³/mol. The van der Waals surface area contributed by atoms with Crippen LogP contribution in [0.1, 0.15) is 18.4 Å². The lowest BCUT2D eigenvalue weighted by Crippen LogP contribution is -2.10. The number of benzene rings is 1. The summed E-state index contributed by atoms with van der Waals surface area (Å²) >= 11 is 1.40. The molecule has 76 valence electrons. The lowest BCUT2D eigenvalue weighted by molar-refractivity contribution is 0.151. The minimum Gasteiger partial charge on any atom is -0.390 e. The average Bonchev–Trinajstić information content (AvgIpc) is 2.87. The fraction of sp³-hybridized carbons (Fsp3) is 0.455. The van der Waals surface area contributed by atoms with Gasteiger partial charge in [-0.3, -0.25) is 0 Å². The van der Waals surface area contributed by atoms with Crippen molar-refractivity contribution in [2.75, 3.05) is 6.26 Å². The van der Waals surface area contributed by atoms with E-state index in [0.717, 1.165) is 18.4 Å². The maximum Gasteiger partial charge on any atom is 0.136 e. The van der Waals surface area contributed by atoms with Crippen molar-refractivity contribution in [2.24, 2.45) is 0 Å². The molecule has 1 N–H and O–H groups in total. The van der Waals surface area contributed by atoms with Crippen LogP contribution in [0.4, 0.5) is 4.39 Å². The van der Waals surface area contributed by atoms with E-state index in [1.165, 1.54) is 17.8 Å². The molecule has 1 fully saturated rings. The highest BCUT2D eigenvalue weighted by atomic mass is 32.2. The molecule has 0 amide bonds. The van der Waals surface area contributed by atoms with E-state index in [2.05, 4.69) is 0 Å². The molecule has 0 heterocycles. The van der Waals surface area contributed by atoms with Crippen LogP contribution in [0.2, 0.25) is 0 Å². The molecule has 0 radical (unpaired) electrons. The third kappa shape index (κ3) is 2.10. The van der Waals surface area contributed by atoms with Gasteiger partial charge in [-0.25, -0.2) is 4.39 Å². The molecule has 1 aromatic carbocycles. The Labute approximate surface area is 87.3 Å². The summed E-state index contributed by atoms with van der Waals surface area (Å²) in [7, 11) is 0. The zero-order chi connectivity index (χ0) is 10.2. The number of hydrogen-bond acceptors (Lipinski definition) is 2. The van der Waals surface area contributed by atoms with Crippen LogP contribution in [-0.2, 0) is 6.42 Å². The third-order valence-corrected chi connectivity index (χ3v) is 3.33. The van der Waals surface area contributed by atoms with Crippen molar-refractivity contribution in [3.63, 3.8) is 0 Å². The van der Waals surface area contributed by atoms with Crippen LogP contribution < -0.4 is 0 Å². The minimum atomic E-state index is -0.493. The molecule has 0 bridgehead atoms. The van der Waals surface area contributed by atoms with Crippen LogP contribution in [0.3, 0.4) is 0 Å². The largest absolute Gasteiger partial charge is 0.390 e. The Morgan fingerprint density at radius 3 is 2.79 bits per heavy atom. The van der Waals surface area contributed by atoms with E-state index in [-0.39, 0.29) is 5.82 Å². The summed E-state index contributed by atoms with van der Waals surface area (Å²) in [6.45, 7) is 0. The van der Waals surface area contributed by atoms with E-state index >= 15 is 0 Å². The van der Waals surface area contributed by atoms with Gasteiger partial charge in [0.25, 0.3) is 0 Å². The molecule has 0 aromatic heterocycles. The Kier molecular flexibility index (Phi) is 2.54. The fourth-order valence-electron chi connectivity index (χ4n) is 1.52. The lowest BCUT2D eigenvalue weighted by atomic mass is 10.1. The summed E-state index contributed by atoms with van der Waals surface area (Å²) in [5.41, 5.74) is 0.531. The zero-order valence-electron chi connectivity index (χ0n) is 8.09. The van der Waals surface area contributed by atoms with Gasteiger partial charge in [0, 0.05) is 11.3 Å². The molecular weight excluding hydrogens is 199 g/mol. The van der Waals surface area contributed by atoms with E-state index < -0.39 is 5.60 Å². The van der Waals surface area contributed by atoms with Crippen molar-refractivity contribution in [2.45, 2.75) is 29.8 Å². The third-order valence-electron chi connectivity index (χ3n) is 2.58. The van der Waals surface area contributed by atoms with Crippen LogP contribution in [0, 0.1) is 5.82 Å². The molecule has 2 rings (SSSR count). The van der Waals surface area contributed by atoms with Crippen LogP contribution in [0.5, 0.6) is 0 Å². The fourth-order valence-corrected chi connectivity index (χ4v) is 2.05. The molecule has 1 saturated carbocycles. The van der Waals surface area contributed by atoms with Gasteiger partial charge in [-0.05, 0) is 36.8 Å². The second-order valence-electron chi connectivity index (χ2n) is 3.87. The SMILES string of the molecule is CSc1cc(CC2(O)CC2)ccc1F. The molecule has 0 spiro atoms. The molecule has 1 aliphatic rings. The summed E-state index contributed by atoms with van der Waals surface area (Å²) in [5, 5.41) is 9.71. The van der Waals surface area contributed by atoms with E-state index in [9.17, 15) is 9.50 Å². The summed E-state index contributed by atoms with van der Waals surface area (Å²) in [5.74, 6) is -0.177. The summed E-state index contributed by atoms with van der Waals surface area (Å²) < 4.78 is 13.1. The van der Waals surface area contributed by atoms with Crippen LogP contribution in [-0.4, -0.2) is 17.0 Å². The molecule has 1 aliphatic carbocycles. The lowest BCUT2D eigenvalue weighted by Gasteiger charge is -2.08. The highest BCUT2D eigenvalue weighted by Crippen LogP contribution is 2.38. The van der Waals surface area contributed by atoms with E-state index in [1.54, 1.807) is 6.07 Å². The van der Waals surface area contributed by atoms with Crippen molar-refractivity contribution in [1.29, 1.82) is 0 Å². The number of hydrogen-bond donors (Lipinski definition) is 1. The number of aliphatic hydroxyl groups is 1. The average molecular weight is 212 g/mol. The smallest absolute Gasteiger partial charge is 0.136 e. The Balaban J connectivity index is 2.18. The van der Waals surface area contributed by atoms with Gasteiger partial charge in [0.15, 0.2) is 0 Å². The normalized spacial score (nSPS) is 18.2. The van der Waals surface area contributed by atoms with Gasteiger partial charge in [-0.2, -0.15) is 0 Å². The molecular formula is C11H13FOS. The van der Waals surface area contributed by atoms with Gasteiger partial charge < -0.3 is 5.11 Å². The minimum absolute atomic E-state index is 0.177. The Hall–Kier alpha value is -0.540. The number of halogens is 1. The molecule has 0 unspecified atom stereocenters. The summed E-state index contributed by atoms with van der Waals surface area (Å²) in [6.07, 6.45) is 4.26. The molecule has 0 atom stereocenters. The first-order valence-corrected chi connectivity index (χ1v) is 5.90. The zero-order valence-corrected chi connectivity index (χ0v) is 8.90. The quantitative estimate of drug-likeness (QED) is 0.777. The molecule has 1 nitrogen and oxygen atoms in total. The van der Waals surface area contributed by atoms with Gasteiger partial charge >= 0.3 is 0 Å². The predicted octanol–water partition coefficient (Wildman–Crippen LogP) is 2.62. The van der Waals surface area contributed by atoms with Crippen molar-refractivity contribution >= 4 is 11.8 Å². The summed E-state index contributed by atoms with van der Waals surface area (Å²) in [6, 6.07) is 5.06. The first kappa shape index (κ1) is 9.99. The van der Waals surface area contributed by atoms with E-state index in [4.69, 9.17) is 0 Å². The summed E-state index contributed by atoms with van der Waals surface area (Å²) in [4.78, 5) is 0.659. The second-order valence-corrected chi connectivity index (χ2v) is 4.72. The van der Waals surface area contributed by atoms with E-state index in [0.29, 0.717) is 11.3 Å². The van der Waals surface area contributed by atoms with Crippen LogP contribution >= 0.6 is 11.8 Å². The number of rotatable bonds is 3. The topological polar surface area (TPSA) is 20.2 Å². The van der Waals surface area contributed by atoms with Gasteiger partial charge in [0.05, 0.1) is 5.60 Å². The van der Waals surface area contributed by atoms with Crippen LogP contribution in [0.15, 0.2) is 23.1 Å². The molecule has 3 heteroatoms. The standard InChI is InChI=1S/C11H13FOS/c1-14-10-6-8(2-3-9(10)12)7-11(13)4-5-11/h2-3,6,13H,4-5,7H2,1H3. The molecule has 1 aromatic rings. The maximum absolute atomic E-state index is 13.1. The van der Waals surface area contributed by atoms with Crippen molar-refractivity contribution in [1.82, 2.24) is 0 Å². The van der Waals surface area contributed by atoms with Crippen molar-refractivity contribution in [3.8, 4) is 0 Å². The molecule has 0 aliphatic heterocycles. The van der Waals surface area contributed by atoms with Crippen molar-refractivity contribution in [3.05, 3.63) is 29.6 Å². The monoisotopic (exact) mass is 212 g/mol. The first-order valence-electron chi connectivity index (χ1n) is 4.68. The van der Waals surface area contributed by atoms with Gasteiger partial charge in [0.2, 0.25) is 0 Å². The van der Waals surface area contributed by atoms with Gasteiger partial charge in [0.1, 0.15) is 5.82 Å². The first-order chi connectivity index (χ1) is 6.63. The Bertz CT molecular complexity index is 347. The second kappa shape index (κ2) is 3.55.